The van der Waals surface area contributed by atoms with Crippen LogP contribution in [0.5, 0.6) is 5.75 Å². The third-order valence-electron chi connectivity index (χ3n) is 9.60. The maximum Gasteiger partial charge on any atom is 0.363 e. The van der Waals surface area contributed by atoms with Crippen LogP contribution in [-0.4, -0.2) is 95.5 Å². The normalized spacial score (nSPS) is 26.2. The first-order valence-electron chi connectivity index (χ1n) is 15.3. The van der Waals surface area contributed by atoms with E-state index in [0.717, 1.165) is 22.0 Å². The lowest BCUT2D eigenvalue weighted by Gasteiger charge is -2.42. The molecule has 0 radical (unpaired) electrons. The Morgan fingerprint density at radius 3 is 2.38 bits per heavy atom. The van der Waals surface area contributed by atoms with Crippen LogP contribution in [0.25, 0.3) is 10.9 Å². The number of rotatable bonds is 9. The van der Waals surface area contributed by atoms with E-state index < -0.39 is 66.8 Å². The van der Waals surface area contributed by atoms with E-state index in [0.29, 0.717) is 29.5 Å². The molecule has 5 heterocycles. The van der Waals surface area contributed by atoms with Gasteiger partial charge in [-0.05, 0) is 42.3 Å². The van der Waals surface area contributed by atoms with Gasteiger partial charge in [0, 0.05) is 54.9 Å². The number of halogens is 4. The van der Waals surface area contributed by atoms with Crippen molar-refractivity contribution in [3.63, 3.8) is 0 Å². The molecule has 2 amide bonds. The van der Waals surface area contributed by atoms with Crippen molar-refractivity contribution in [3.8, 4) is 5.75 Å². The minimum Gasteiger partial charge on any atom is -0.496 e. The summed E-state index contributed by atoms with van der Waals surface area (Å²) in [4.78, 5) is 50.7. The number of H-pyrrole nitrogens is 1. The van der Waals surface area contributed by atoms with Crippen LogP contribution >= 0.6 is 0 Å². The summed E-state index contributed by atoms with van der Waals surface area (Å²) >= 11 is 0. The molecule has 5 unspecified atom stereocenters. The number of methoxy groups -OCH3 is 1. The average Bonchev–Trinajstić information content (AvgIpc) is 3.85. The number of piperazine rings is 1. The van der Waals surface area contributed by atoms with E-state index in [2.05, 4.69) is 9.88 Å². The minimum absolute atomic E-state index is 0.0224. The molecule has 0 saturated carbocycles. The van der Waals surface area contributed by atoms with Crippen molar-refractivity contribution in [3.05, 3.63) is 77.0 Å². The van der Waals surface area contributed by atoms with Gasteiger partial charge in [-0.1, -0.05) is 24.3 Å². The molecule has 4 aliphatic rings. The van der Waals surface area contributed by atoms with Crippen molar-refractivity contribution in [2.45, 2.75) is 44.1 Å². The molecule has 3 fully saturated rings. The Bertz CT molecular complexity index is 1730. The lowest BCUT2D eigenvalue weighted by atomic mass is 9.85. The molecule has 47 heavy (non-hydrogen) atoms. The van der Waals surface area contributed by atoms with Crippen LogP contribution in [0, 0.1) is 18.8 Å². The number of aromatic nitrogens is 1. The molecule has 248 valence electrons. The Kier molecular flexibility index (Phi) is 7.84. The smallest absolute Gasteiger partial charge is 0.363 e. The van der Waals surface area contributed by atoms with Crippen LogP contribution < -0.4 is 4.74 Å². The van der Waals surface area contributed by atoms with Crippen molar-refractivity contribution in [2.75, 3.05) is 33.3 Å². The maximum atomic E-state index is 14.1. The van der Waals surface area contributed by atoms with Gasteiger partial charge in [0.15, 0.2) is 0 Å². The predicted molar refractivity (Wildman–Crippen MR) is 159 cm³/mol. The minimum atomic E-state index is -4.18. The summed E-state index contributed by atoms with van der Waals surface area (Å²) in [5, 5.41) is 1.46. The molecule has 10 nitrogen and oxygen atoms in total. The first-order chi connectivity index (χ1) is 22.5. The van der Waals surface area contributed by atoms with Gasteiger partial charge in [-0.15, -0.1) is 5.06 Å². The van der Waals surface area contributed by atoms with E-state index in [1.165, 1.54) is 17.0 Å². The van der Waals surface area contributed by atoms with Gasteiger partial charge in [0.2, 0.25) is 0 Å². The fourth-order valence-corrected chi connectivity index (χ4v) is 7.22. The molecule has 7 rings (SSSR count). The highest BCUT2D eigenvalue weighted by molar-refractivity contribution is 6.07. The van der Waals surface area contributed by atoms with E-state index in [4.69, 9.17) is 14.3 Å². The molecule has 3 aromatic rings. The van der Waals surface area contributed by atoms with Gasteiger partial charge in [0.1, 0.15) is 5.75 Å². The van der Waals surface area contributed by atoms with E-state index in [1.54, 1.807) is 31.4 Å². The summed E-state index contributed by atoms with van der Waals surface area (Å²) in [5.74, 6) is -7.18. The van der Waals surface area contributed by atoms with Gasteiger partial charge in [0.25, 0.3) is 11.8 Å². The molecule has 0 spiro atoms. The summed E-state index contributed by atoms with van der Waals surface area (Å²) < 4.78 is 65.8. The first-order valence-corrected chi connectivity index (χ1v) is 15.3. The number of hydrogen-bond donors (Lipinski definition) is 1. The van der Waals surface area contributed by atoms with Crippen LogP contribution in [0.2, 0.25) is 0 Å². The lowest BCUT2D eigenvalue weighted by molar-refractivity contribution is -0.177. The number of carbonyl (C=O) groups excluding carboxylic acids is 3. The molecule has 4 aliphatic heterocycles. The second-order valence-electron chi connectivity index (χ2n) is 12.4. The largest absolute Gasteiger partial charge is 0.496 e. The molecular formula is C33H32F4N4O6. The molecule has 14 heteroatoms. The van der Waals surface area contributed by atoms with E-state index in [9.17, 15) is 31.9 Å². The number of hydrogen-bond acceptors (Lipinski definition) is 8. The van der Waals surface area contributed by atoms with Gasteiger partial charge >= 0.3 is 18.3 Å². The number of alkyl halides is 4. The average molecular weight is 657 g/mol. The van der Waals surface area contributed by atoms with E-state index in [1.807, 2.05) is 25.3 Å². The number of aryl methyl sites for hydroxylation is 1. The van der Waals surface area contributed by atoms with Crippen LogP contribution in [0.3, 0.4) is 0 Å². The number of imide groups is 1. The zero-order chi connectivity index (χ0) is 33.2. The van der Waals surface area contributed by atoms with Gasteiger partial charge in [-0.25, -0.2) is 13.6 Å². The highest BCUT2D eigenvalue weighted by Crippen LogP contribution is 2.45. The Hall–Kier alpha value is -4.27. The number of aromatic amines is 1. The molecular weight excluding hydrogens is 624 g/mol. The van der Waals surface area contributed by atoms with Crippen LogP contribution in [0.15, 0.2) is 54.7 Å². The topological polar surface area (TPSA) is 104 Å². The van der Waals surface area contributed by atoms with Crippen molar-refractivity contribution in [1.29, 1.82) is 0 Å². The van der Waals surface area contributed by atoms with Crippen molar-refractivity contribution in [1.82, 2.24) is 19.8 Å². The number of carbonyl (C=O) groups is 3. The molecule has 5 atom stereocenters. The number of benzene rings is 2. The molecule has 1 N–H and O–H groups in total. The van der Waals surface area contributed by atoms with Gasteiger partial charge in [-0.3, -0.25) is 19.4 Å². The van der Waals surface area contributed by atoms with Gasteiger partial charge in [0.05, 0.1) is 43.3 Å². The van der Waals surface area contributed by atoms with E-state index >= 15 is 0 Å². The van der Waals surface area contributed by atoms with Gasteiger partial charge in [-0.2, -0.15) is 8.78 Å². The van der Waals surface area contributed by atoms with Crippen LogP contribution in [-0.2, 0) is 25.7 Å². The molecule has 2 bridgehead atoms. The second kappa shape index (κ2) is 11.8. The van der Waals surface area contributed by atoms with Crippen molar-refractivity contribution < 1.29 is 46.3 Å². The predicted octanol–water partition coefficient (Wildman–Crippen LogP) is 4.25. The number of amides is 2. The summed E-state index contributed by atoms with van der Waals surface area (Å²) in [6.07, 6.45) is 0.413. The monoisotopic (exact) mass is 656 g/mol. The third-order valence-corrected chi connectivity index (χ3v) is 9.60. The summed E-state index contributed by atoms with van der Waals surface area (Å²) in [5.41, 5.74) is 3.50. The number of fused-ring (bicyclic) bond motifs is 6. The number of nitrogens with zero attached hydrogens (tertiary/aromatic N) is 3. The Morgan fingerprint density at radius 1 is 1.06 bits per heavy atom. The zero-order valence-corrected chi connectivity index (χ0v) is 25.5. The summed E-state index contributed by atoms with van der Waals surface area (Å²) in [7, 11) is 1.57. The Labute approximate surface area is 266 Å². The highest BCUT2D eigenvalue weighted by atomic mass is 19.3. The second-order valence-corrected chi connectivity index (χ2v) is 12.4. The van der Waals surface area contributed by atoms with E-state index in [-0.39, 0.29) is 18.7 Å². The SMILES string of the molecule is COc1cc(C)c2[nH]ccc2c1CN1CCN(CC(F)(F)C(F)F)CC1c1ccc(C(=O)ON2C(=O)C3C4C=CC(O4)C3C2=O)cc1. The van der Waals surface area contributed by atoms with Crippen LogP contribution in [0.1, 0.15) is 33.1 Å². The molecule has 3 saturated heterocycles. The zero-order valence-electron chi connectivity index (χ0n) is 25.5. The molecule has 2 aromatic carbocycles. The molecule has 0 aliphatic carbocycles. The standard InChI is InChI=1S/C33H32F4N4O6/c1-17-13-25(45-2)21(20-9-10-38-28(17)20)14-40-12-11-39(16-33(36,37)32(34)35)15-22(40)18-3-5-19(6-4-18)31(44)47-41-29(42)26-23-7-8-24(46-23)27(26)30(41)43/h3-10,13,22-24,26-27,32,38H,11-12,14-16H2,1-2H3. The quantitative estimate of drug-likeness (QED) is 0.207. The maximum absolute atomic E-state index is 14.1. The summed E-state index contributed by atoms with van der Waals surface area (Å²) in [6.45, 7) is 1.67. The number of nitrogens with one attached hydrogen (secondary N) is 1. The lowest BCUT2D eigenvalue weighted by Crippen LogP contribution is -2.52. The highest BCUT2D eigenvalue weighted by Gasteiger charge is 2.62. The first kappa shape index (κ1) is 31.3. The van der Waals surface area contributed by atoms with Gasteiger partial charge < -0.3 is 19.3 Å². The fourth-order valence-electron chi connectivity index (χ4n) is 7.22. The summed E-state index contributed by atoms with van der Waals surface area (Å²) in [6, 6.07) is 9.50. The van der Waals surface area contributed by atoms with Crippen LogP contribution in [0.4, 0.5) is 17.6 Å². The Balaban J connectivity index is 1.13. The van der Waals surface area contributed by atoms with Crippen molar-refractivity contribution >= 4 is 28.7 Å². The fraction of sp³-hybridized carbons (Fsp3) is 0.424. The molecule has 1 aromatic heterocycles. The Morgan fingerprint density at radius 2 is 1.74 bits per heavy atom. The third kappa shape index (κ3) is 5.37. The number of ether oxygens (including phenoxy) is 2. The van der Waals surface area contributed by atoms with Crippen molar-refractivity contribution in [2.24, 2.45) is 11.8 Å². The number of hydroxylamine groups is 2.